The molecule has 0 heterocycles. The maximum absolute atomic E-state index is 6.18. The van der Waals surface area contributed by atoms with Crippen LogP contribution in [0, 0.1) is 12.3 Å². The summed E-state index contributed by atoms with van der Waals surface area (Å²) in [5, 5.41) is 4.11. The maximum Gasteiger partial charge on any atom is 0.124 e. The molecule has 0 saturated heterocycles. The van der Waals surface area contributed by atoms with Gasteiger partial charge in [-0.15, -0.1) is 0 Å². The van der Waals surface area contributed by atoms with Crippen molar-refractivity contribution >= 4 is 11.6 Å². The van der Waals surface area contributed by atoms with Crippen molar-refractivity contribution in [2.75, 3.05) is 7.05 Å². The molecule has 1 fully saturated rings. The molecule has 1 N–H and O–H groups in total. The molecule has 3 atom stereocenters. The Bertz CT molecular complexity index is 435. The first kappa shape index (κ1) is 13.7. The van der Waals surface area contributed by atoms with Gasteiger partial charge in [0, 0.05) is 22.9 Å². The van der Waals surface area contributed by atoms with Gasteiger partial charge in [0.1, 0.15) is 11.9 Å². The highest BCUT2D eigenvalue weighted by atomic mass is 35.5. The van der Waals surface area contributed by atoms with Crippen molar-refractivity contribution < 1.29 is 4.74 Å². The molecule has 2 rings (SSSR count). The van der Waals surface area contributed by atoms with E-state index in [0.717, 1.165) is 29.2 Å². The number of aryl methyl sites for hydroxylation is 1. The molecule has 3 unspecified atom stereocenters. The normalized spacial score (nSPS) is 30.9. The summed E-state index contributed by atoms with van der Waals surface area (Å²) in [5.74, 6) is 0.918. The lowest BCUT2D eigenvalue weighted by Gasteiger charge is -2.53. The van der Waals surface area contributed by atoms with Crippen molar-refractivity contribution in [1.29, 1.82) is 0 Å². The van der Waals surface area contributed by atoms with E-state index in [-0.39, 0.29) is 11.5 Å². The molecule has 0 amide bonds. The predicted molar refractivity (Wildman–Crippen MR) is 76.5 cm³/mol. The predicted octanol–water partition coefficient (Wildman–Crippen LogP) is 3.80. The van der Waals surface area contributed by atoms with Crippen molar-refractivity contribution in [2.24, 2.45) is 5.41 Å². The second kappa shape index (κ2) is 5.10. The number of nitrogens with one attached hydrogen (secondary N) is 1. The number of benzene rings is 1. The molecule has 18 heavy (non-hydrogen) atoms. The van der Waals surface area contributed by atoms with Crippen LogP contribution in [0.15, 0.2) is 18.2 Å². The van der Waals surface area contributed by atoms with E-state index in [0.29, 0.717) is 6.04 Å². The molecule has 0 radical (unpaired) electrons. The SMILES string of the molecule is CCC1(C)C(NC)CC1Oc1cc(Cl)ccc1C. The first-order valence-corrected chi connectivity index (χ1v) is 6.99. The highest BCUT2D eigenvalue weighted by Crippen LogP contribution is 2.46. The average molecular weight is 268 g/mol. The van der Waals surface area contributed by atoms with Crippen molar-refractivity contribution in [2.45, 2.75) is 45.8 Å². The Morgan fingerprint density at radius 2 is 2.22 bits per heavy atom. The lowest BCUT2D eigenvalue weighted by atomic mass is 9.61. The molecule has 1 aliphatic rings. The van der Waals surface area contributed by atoms with E-state index in [1.54, 1.807) is 0 Å². The minimum absolute atomic E-state index is 0.212. The molecule has 2 nitrogen and oxygen atoms in total. The summed E-state index contributed by atoms with van der Waals surface area (Å²) in [6.07, 6.45) is 2.45. The summed E-state index contributed by atoms with van der Waals surface area (Å²) >= 11 is 6.03. The van der Waals surface area contributed by atoms with Crippen molar-refractivity contribution in [3.63, 3.8) is 0 Å². The molecule has 3 heteroatoms. The van der Waals surface area contributed by atoms with Crippen LogP contribution in [0.1, 0.15) is 32.3 Å². The minimum Gasteiger partial charge on any atom is -0.489 e. The molecule has 0 spiro atoms. The second-order valence-corrected chi connectivity index (χ2v) is 5.89. The Kier molecular flexibility index (Phi) is 3.88. The quantitative estimate of drug-likeness (QED) is 0.896. The lowest BCUT2D eigenvalue weighted by Crippen LogP contribution is -2.62. The van der Waals surface area contributed by atoms with Crippen LogP contribution in [0.3, 0.4) is 0 Å². The van der Waals surface area contributed by atoms with Gasteiger partial charge in [-0.2, -0.15) is 0 Å². The van der Waals surface area contributed by atoms with Gasteiger partial charge in [-0.3, -0.25) is 0 Å². The first-order valence-electron chi connectivity index (χ1n) is 6.61. The van der Waals surface area contributed by atoms with Crippen molar-refractivity contribution in [3.8, 4) is 5.75 Å². The third kappa shape index (κ3) is 2.24. The van der Waals surface area contributed by atoms with Crippen LogP contribution in [0.25, 0.3) is 0 Å². The van der Waals surface area contributed by atoms with E-state index in [1.165, 1.54) is 0 Å². The van der Waals surface area contributed by atoms with Crippen LogP contribution in [0.4, 0.5) is 0 Å². The summed E-state index contributed by atoms with van der Waals surface area (Å²) in [6.45, 7) is 6.58. The Balaban J connectivity index is 2.13. The van der Waals surface area contributed by atoms with E-state index in [1.807, 2.05) is 25.2 Å². The molecule has 0 bridgehead atoms. The van der Waals surface area contributed by atoms with Crippen molar-refractivity contribution in [3.05, 3.63) is 28.8 Å². The monoisotopic (exact) mass is 267 g/mol. The molecule has 0 aromatic heterocycles. The topological polar surface area (TPSA) is 21.3 Å². The van der Waals surface area contributed by atoms with Gasteiger partial charge < -0.3 is 10.1 Å². The largest absolute Gasteiger partial charge is 0.489 e. The number of halogens is 1. The number of hydrogen-bond acceptors (Lipinski definition) is 2. The molecule has 100 valence electrons. The number of rotatable bonds is 4. The molecular weight excluding hydrogens is 246 g/mol. The Hall–Kier alpha value is -0.730. The fraction of sp³-hybridized carbons (Fsp3) is 0.600. The molecule has 0 aliphatic heterocycles. The van der Waals surface area contributed by atoms with Crippen LogP contribution >= 0.6 is 11.6 Å². The summed E-state index contributed by atoms with van der Waals surface area (Å²) < 4.78 is 6.18. The van der Waals surface area contributed by atoms with Gasteiger partial charge in [0.05, 0.1) is 0 Å². The molecule has 1 saturated carbocycles. The minimum atomic E-state index is 0.212. The van der Waals surface area contributed by atoms with Crippen molar-refractivity contribution in [1.82, 2.24) is 5.32 Å². The van der Waals surface area contributed by atoms with E-state index in [9.17, 15) is 0 Å². The summed E-state index contributed by atoms with van der Waals surface area (Å²) in [5.41, 5.74) is 1.36. The van der Waals surface area contributed by atoms with Gasteiger partial charge in [-0.05, 0) is 38.1 Å². The number of ether oxygens (including phenoxy) is 1. The van der Waals surface area contributed by atoms with E-state index < -0.39 is 0 Å². The van der Waals surface area contributed by atoms with Gasteiger partial charge >= 0.3 is 0 Å². The lowest BCUT2D eigenvalue weighted by molar-refractivity contribution is -0.0680. The molecule has 1 aromatic carbocycles. The second-order valence-electron chi connectivity index (χ2n) is 5.45. The summed E-state index contributed by atoms with van der Waals surface area (Å²) in [6, 6.07) is 6.38. The molecule has 1 aromatic rings. The Morgan fingerprint density at radius 3 is 2.83 bits per heavy atom. The maximum atomic E-state index is 6.18. The van der Waals surface area contributed by atoms with E-state index in [2.05, 4.69) is 26.1 Å². The zero-order valence-electron chi connectivity index (χ0n) is 11.6. The zero-order valence-corrected chi connectivity index (χ0v) is 12.3. The Morgan fingerprint density at radius 1 is 1.50 bits per heavy atom. The van der Waals surface area contributed by atoms with Gasteiger partial charge in [0.25, 0.3) is 0 Å². The van der Waals surface area contributed by atoms with E-state index >= 15 is 0 Å². The van der Waals surface area contributed by atoms with Crippen LogP contribution in [0.2, 0.25) is 5.02 Å². The highest BCUT2D eigenvalue weighted by Gasteiger charge is 2.51. The average Bonchev–Trinajstić information content (AvgIpc) is 2.36. The van der Waals surface area contributed by atoms with Crippen LogP contribution in [-0.4, -0.2) is 19.2 Å². The van der Waals surface area contributed by atoms with Gasteiger partial charge in [0.15, 0.2) is 0 Å². The third-order valence-electron chi connectivity index (χ3n) is 4.51. The standard InChI is InChI=1S/C15H22ClNO/c1-5-15(3)13(17-4)9-14(15)18-12-8-11(16)7-6-10(12)2/h6-8,13-14,17H,5,9H2,1-4H3. The smallest absolute Gasteiger partial charge is 0.124 e. The summed E-state index contributed by atoms with van der Waals surface area (Å²) in [4.78, 5) is 0. The van der Waals surface area contributed by atoms with Crippen LogP contribution in [0.5, 0.6) is 5.75 Å². The van der Waals surface area contributed by atoms with Crippen LogP contribution in [-0.2, 0) is 0 Å². The third-order valence-corrected chi connectivity index (χ3v) is 4.75. The number of hydrogen-bond donors (Lipinski definition) is 1. The van der Waals surface area contributed by atoms with Gasteiger partial charge in [-0.1, -0.05) is 31.5 Å². The van der Waals surface area contributed by atoms with E-state index in [4.69, 9.17) is 16.3 Å². The van der Waals surface area contributed by atoms with Gasteiger partial charge in [-0.25, -0.2) is 0 Å². The first-order chi connectivity index (χ1) is 8.51. The summed E-state index contributed by atoms with van der Waals surface area (Å²) in [7, 11) is 2.03. The Labute approximate surface area is 115 Å². The molecular formula is C15H22ClNO. The molecule has 1 aliphatic carbocycles. The van der Waals surface area contributed by atoms with Crippen LogP contribution < -0.4 is 10.1 Å². The highest BCUT2D eigenvalue weighted by molar-refractivity contribution is 6.30. The van der Waals surface area contributed by atoms with Gasteiger partial charge in [0.2, 0.25) is 0 Å². The fourth-order valence-electron chi connectivity index (χ4n) is 2.77. The fourth-order valence-corrected chi connectivity index (χ4v) is 2.94. The zero-order chi connectivity index (χ0) is 13.3.